The SMILES string of the molecule is Bc1nccc2c(C(=O)C(=O)N3CCN(C(=O)c4ccccc4)C[C@H]3C)c[nH]c12. The molecule has 1 atom stereocenters. The van der Waals surface area contributed by atoms with E-state index in [9.17, 15) is 14.4 Å². The number of ketones is 1. The first-order chi connectivity index (χ1) is 14.0. The number of fused-ring (bicyclic) bond motifs is 1. The van der Waals surface area contributed by atoms with Crippen LogP contribution in [0.3, 0.4) is 0 Å². The molecule has 3 aromatic rings. The van der Waals surface area contributed by atoms with Crippen LogP contribution in [0.5, 0.6) is 0 Å². The van der Waals surface area contributed by atoms with Crippen LogP contribution in [-0.2, 0) is 4.79 Å². The molecule has 0 aliphatic carbocycles. The van der Waals surface area contributed by atoms with Crippen LogP contribution in [0.4, 0.5) is 0 Å². The topological polar surface area (TPSA) is 86.4 Å². The Labute approximate surface area is 169 Å². The molecule has 1 N–H and O–H groups in total. The van der Waals surface area contributed by atoms with Gasteiger partial charge in [-0.2, -0.15) is 0 Å². The average molecular weight is 388 g/mol. The highest BCUT2D eigenvalue weighted by molar-refractivity contribution is 6.46. The van der Waals surface area contributed by atoms with Crippen LogP contribution < -0.4 is 5.59 Å². The number of nitrogens with zero attached hydrogens (tertiary/aromatic N) is 3. The fourth-order valence-corrected chi connectivity index (χ4v) is 3.84. The molecule has 0 spiro atoms. The highest BCUT2D eigenvalue weighted by atomic mass is 16.2. The smallest absolute Gasteiger partial charge is 0.295 e. The standard InChI is InChI=1S/C21H21BN4O3/c1-13-12-25(20(28)14-5-3-2-4-6-14)9-10-26(13)21(29)18(27)16-11-24-17-15(16)7-8-23-19(17)22/h2-8,11,13,24H,9-10,12,22H2,1H3/t13-/m1/s1. The van der Waals surface area contributed by atoms with Gasteiger partial charge in [0.05, 0.1) is 11.1 Å². The van der Waals surface area contributed by atoms with E-state index in [0.717, 1.165) is 11.1 Å². The number of pyridine rings is 1. The maximum Gasteiger partial charge on any atom is 0.295 e. The van der Waals surface area contributed by atoms with Crippen molar-refractivity contribution in [2.75, 3.05) is 19.6 Å². The van der Waals surface area contributed by atoms with Crippen LogP contribution >= 0.6 is 0 Å². The van der Waals surface area contributed by atoms with Gasteiger partial charge in [-0.15, -0.1) is 0 Å². The third-order valence-corrected chi connectivity index (χ3v) is 5.43. The Kier molecular flexibility index (Phi) is 4.92. The number of hydrogen-bond donors (Lipinski definition) is 1. The lowest BCUT2D eigenvalue weighted by atomic mass is 9.99. The number of benzene rings is 1. The minimum Gasteiger partial charge on any atom is -0.360 e. The van der Waals surface area contributed by atoms with Crippen molar-refractivity contribution >= 4 is 41.9 Å². The molecular formula is C21H21BN4O3. The maximum atomic E-state index is 12.9. The fraction of sp³-hybridized carbons (Fsp3) is 0.238. The number of nitrogens with one attached hydrogen (secondary N) is 1. The van der Waals surface area contributed by atoms with Crippen molar-refractivity contribution in [3.63, 3.8) is 0 Å². The lowest BCUT2D eigenvalue weighted by Gasteiger charge is -2.39. The molecule has 29 heavy (non-hydrogen) atoms. The minimum absolute atomic E-state index is 0.0597. The normalized spacial score (nSPS) is 16.8. The van der Waals surface area contributed by atoms with E-state index >= 15 is 0 Å². The zero-order valence-electron chi connectivity index (χ0n) is 16.4. The molecule has 0 radical (unpaired) electrons. The number of hydrogen-bond acceptors (Lipinski definition) is 4. The zero-order valence-corrected chi connectivity index (χ0v) is 16.4. The number of Topliss-reactive ketones (excluding diaryl/α,β-unsaturated/α-hetero) is 1. The molecule has 7 nitrogen and oxygen atoms in total. The lowest BCUT2D eigenvalue weighted by Crippen LogP contribution is -2.56. The van der Waals surface area contributed by atoms with Crippen LogP contribution in [-0.4, -0.2) is 70.9 Å². The zero-order chi connectivity index (χ0) is 20.5. The summed E-state index contributed by atoms with van der Waals surface area (Å²) < 4.78 is 0. The first-order valence-corrected chi connectivity index (χ1v) is 9.59. The van der Waals surface area contributed by atoms with E-state index in [1.54, 1.807) is 40.4 Å². The summed E-state index contributed by atoms with van der Waals surface area (Å²) in [7, 11) is 1.85. The number of rotatable bonds is 3. The molecule has 1 aliphatic heterocycles. The number of carbonyl (C=O) groups is 3. The summed E-state index contributed by atoms with van der Waals surface area (Å²) in [5.74, 6) is -1.15. The van der Waals surface area contributed by atoms with Gasteiger partial charge in [-0.1, -0.05) is 18.2 Å². The predicted molar refractivity (Wildman–Crippen MR) is 112 cm³/mol. The summed E-state index contributed by atoms with van der Waals surface area (Å²) in [5, 5.41) is 0.696. The lowest BCUT2D eigenvalue weighted by molar-refractivity contribution is -0.130. The molecule has 1 fully saturated rings. The minimum atomic E-state index is -0.545. The molecule has 146 valence electrons. The quantitative estimate of drug-likeness (QED) is 0.399. The summed E-state index contributed by atoms with van der Waals surface area (Å²) in [6.07, 6.45) is 3.20. The van der Waals surface area contributed by atoms with Gasteiger partial charge >= 0.3 is 0 Å². The monoisotopic (exact) mass is 388 g/mol. The summed E-state index contributed by atoms with van der Waals surface area (Å²) in [4.78, 5) is 49.0. The molecule has 0 unspecified atom stereocenters. The van der Waals surface area contributed by atoms with Crippen molar-refractivity contribution in [2.45, 2.75) is 13.0 Å². The molecule has 0 bridgehead atoms. The van der Waals surface area contributed by atoms with Gasteiger partial charge in [0, 0.05) is 54.6 Å². The van der Waals surface area contributed by atoms with E-state index in [4.69, 9.17) is 0 Å². The number of amides is 2. The predicted octanol–water partition coefficient (Wildman–Crippen LogP) is 0.377. The van der Waals surface area contributed by atoms with Crippen molar-refractivity contribution in [2.24, 2.45) is 0 Å². The second-order valence-electron chi connectivity index (χ2n) is 7.32. The molecule has 1 saturated heterocycles. The average Bonchev–Trinajstić information content (AvgIpc) is 3.18. The Balaban J connectivity index is 1.49. The first kappa shape index (κ1) is 18.9. The van der Waals surface area contributed by atoms with Crippen molar-refractivity contribution in [3.05, 3.63) is 59.9 Å². The molecule has 1 aliphatic rings. The molecule has 2 aromatic heterocycles. The number of aromatic nitrogens is 2. The highest BCUT2D eigenvalue weighted by Crippen LogP contribution is 2.19. The van der Waals surface area contributed by atoms with E-state index in [1.807, 2.05) is 33.0 Å². The first-order valence-electron chi connectivity index (χ1n) is 9.59. The van der Waals surface area contributed by atoms with Gasteiger partial charge in [0.1, 0.15) is 0 Å². The van der Waals surface area contributed by atoms with Gasteiger partial charge in [0.2, 0.25) is 0 Å². The number of carbonyl (C=O) groups excluding carboxylic acids is 3. The molecule has 1 aromatic carbocycles. The van der Waals surface area contributed by atoms with Gasteiger partial charge < -0.3 is 14.8 Å². The van der Waals surface area contributed by atoms with Gasteiger partial charge in [-0.25, -0.2) is 0 Å². The number of aromatic amines is 1. The van der Waals surface area contributed by atoms with Crippen LogP contribution in [0.1, 0.15) is 27.6 Å². The Bertz CT molecular complexity index is 1100. The summed E-state index contributed by atoms with van der Waals surface area (Å²) in [5.41, 5.74) is 2.51. The van der Waals surface area contributed by atoms with Crippen LogP contribution in [0.15, 0.2) is 48.8 Å². The molecular weight excluding hydrogens is 367 g/mol. The van der Waals surface area contributed by atoms with Crippen LogP contribution in [0.25, 0.3) is 10.9 Å². The Morgan fingerprint density at radius 2 is 1.90 bits per heavy atom. The van der Waals surface area contributed by atoms with Crippen LogP contribution in [0, 0.1) is 0 Å². The second kappa shape index (κ2) is 7.54. The summed E-state index contributed by atoms with van der Waals surface area (Å²) >= 11 is 0. The Hall–Kier alpha value is -3.42. The Morgan fingerprint density at radius 1 is 1.14 bits per heavy atom. The van der Waals surface area contributed by atoms with Crippen molar-refractivity contribution in [3.8, 4) is 0 Å². The molecule has 0 saturated carbocycles. The van der Waals surface area contributed by atoms with Gasteiger partial charge in [0.15, 0.2) is 7.85 Å². The van der Waals surface area contributed by atoms with Crippen LogP contribution in [0.2, 0.25) is 0 Å². The molecule has 2 amide bonds. The number of H-pyrrole nitrogens is 1. The molecule has 8 heteroatoms. The maximum absolute atomic E-state index is 12.9. The van der Waals surface area contributed by atoms with E-state index in [-0.39, 0.29) is 11.9 Å². The molecule has 3 heterocycles. The largest absolute Gasteiger partial charge is 0.360 e. The van der Waals surface area contributed by atoms with Gasteiger partial charge in [-0.3, -0.25) is 19.4 Å². The number of piperazine rings is 1. The Morgan fingerprint density at radius 3 is 2.62 bits per heavy atom. The van der Waals surface area contributed by atoms with Crippen molar-refractivity contribution < 1.29 is 14.4 Å². The van der Waals surface area contributed by atoms with E-state index in [1.165, 1.54) is 0 Å². The van der Waals surface area contributed by atoms with E-state index in [2.05, 4.69) is 9.97 Å². The fourth-order valence-electron chi connectivity index (χ4n) is 3.84. The third kappa shape index (κ3) is 3.42. The van der Waals surface area contributed by atoms with Crippen molar-refractivity contribution in [1.29, 1.82) is 0 Å². The van der Waals surface area contributed by atoms with Gasteiger partial charge in [0.25, 0.3) is 17.6 Å². The van der Waals surface area contributed by atoms with E-state index < -0.39 is 11.7 Å². The van der Waals surface area contributed by atoms with Gasteiger partial charge in [-0.05, 0) is 25.1 Å². The summed E-state index contributed by atoms with van der Waals surface area (Å²) in [6.45, 7) is 2.98. The van der Waals surface area contributed by atoms with E-state index in [0.29, 0.717) is 36.1 Å². The molecule has 4 rings (SSSR count). The second-order valence-corrected chi connectivity index (χ2v) is 7.32. The summed E-state index contributed by atoms with van der Waals surface area (Å²) in [6, 6.07) is 10.6. The van der Waals surface area contributed by atoms with Crippen molar-refractivity contribution in [1.82, 2.24) is 19.8 Å². The highest BCUT2D eigenvalue weighted by Gasteiger charge is 2.34. The third-order valence-electron chi connectivity index (χ3n) is 5.43.